The fraction of sp³-hybridized carbons (Fsp3) is 0.125. The normalized spacial score (nSPS) is 14.6. The van der Waals surface area contributed by atoms with Crippen LogP contribution in [0.1, 0.15) is 11.1 Å². The van der Waals surface area contributed by atoms with Crippen LogP contribution in [0, 0.1) is 0 Å². The summed E-state index contributed by atoms with van der Waals surface area (Å²) in [4.78, 5) is 0. The van der Waals surface area contributed by atoms with E-state index in [0.717, 1.165) is 5.56 Å². The minimum atomic E-state index is 0.635. The van der Waals surface area contributed by atoms with Crippen molar-refractivity contribution in [1.82, 2.24) is 0 Å². The van der Waals surface area contributed by atoms with Gasteiger partial charge in [-0.05, 0) is 18.3 Å². The molecule has 0 bridgehead atoms. The monoisotopic (exact) mass is 150 g/mol. The summed E-state index contributed by atoms with van der Waals surface area (Å²) in [5.74, 6) is 0. The molecule has 50 valence electrons. The Balaban J connectivity index is 2.61. The lowest BCUT2D eigenvalue weighted by Crippen LogP contribution is -1.89. The first-order chi connectivity index (χ1) is 4.88. The van der Waals surface area contributed by atoms with E-state index < -0.39 is 0 Å². The fourth-order valence-corrected chi connectivity index (χ4v) is 1.32. The Morgan fingerprint density at radius 3 is 2.90 bits per heavy atom. The standard InChI is InChI=1S/C8H6OS/c10-8-7-4-2-1-3-6(7)5-9-8/h1-4H,5H2. The minimum absolute atomic E-state index is 0.635. The molecule has 0 radical (unpaired) electrons. The van der Waals surface area contributed by atoms with Gasteiger partial charge in [-0.25, -0.2) is 0 Å². The van der Waals surface area contributed by atoms with Gasteiger partial charge in [0.2, 0.25) is 0 Å². The summed E-state index contributed by atoms with van der Waals surface area (Å²) in [5, 5.41) is 0.635. The number of thiocarbonyl (C=S) groups is 1. The van der Waals surface area contributed by atoms with Gasteiger partial charge in [-0.15, -0.1) is 0 Å². The van der Waals surface area contributed by atoms with Crippen molar-refractivity contribution >= 4 is 17.3 Å². The highest BCUT2D eigenvalue weighted by molar-refractivity contribution is 7.80. The molecule has 0 amide bonds. The first-order valence-corrected chi connectivity index (χ1v) is 3.54. The maximum atomic E-state index is 5.15. The third-order valence-corrected chi connectivity index (χ3v) is 1.93. The Hall–Kier alpha value is -0.890. The van der Waals surface area contributed by atoms with Crippen molar-refractivity contribution in [2.75, 3.05) is 0 Å². The van der Waals surface area contributed by atoms with Crippen molar-refractivity contribution in [2.45, 2.75) is 6.61 Å². The second-order valence-corrected chi connectivity index (χ2v) is 2.60. The molecule has 0 atom stereocenters. The minimum Gasteiger partial charge on any atom is -0.478 e. The van der Waals surface area contributed by atoms with E-state index in [9.17, 15) is 0 Å². The van der Waals surface area contributed by atoms with Crippen molar-refractivity contribution < 1.29 is 4.74 Å². The Morgan fingerprint density at radius 1 is 1.30 bits per heavy atom. The number of ether oxygens (including phenoxy) is 1. The SMILES string of the molecule is S=C1OCc2ccccc21. The van der Waals surface area contributed by atoms with Crippen LogP contribution in [0.15, 0.2) is 24.3 Å². The quantitative estimate of drug-likeness (QED) is 0.522. The molecule has 1 aromatic rings. The van der Waals surface area contributed by atoms with Crippen LogP contribution in [0.3, 0.4) is 0 Å². The van der Waals surface area contributed by atoms with Crippen LogP contribution in [0.2, 0.25) is 0 Å². The summed E-state index contributed by atoms with van der Waals surface area (Å²) in [7, 11) is 0. The molecule has 1 aromatic carbocycles. The summed E-state index contributed by atoms with van der Waals surface area (Å²) >= 11 is 4.95. The molecule has 0 aliphatic carbocycles. The van der Waals surface area contributed by atoms with E-state index in [1.54, 1.807) is 0 Å². The molecule has 0 unspecified atom stereocenters. The van der Waals surface area contributed by atoms with E-state index in [0.29, 0.717) is 11.7 Å². The van der Waals surface area contributed by atoms with Gasteiger partial charge in [-0.1, -0.05) is 18.2 Å². The second kappa shape index (κ2) is 2.06. The summed E-state index contributed by atoms with van der Waals surface area (Å²) in [6.45, 7) is 0.648. The number of hydrogen-bond donors (Lipinski definition) is 0. The Labute approximate surface area is 64.6 Å². The molecule has 0 fully saturated rings. The van der Waals surface area contributed by atoms with Crippen LogP contribution in [0.25, 0.3) is 0 Å². The molecule has 1 heterocycles. The summed E-state index contributed by atoms with van der Waals surface area (Å²) in [6, 6.07) is 8.00. The predicted molar refractivity (Wildman–Crippen MR) is 42.9 cm³/mol. The molecule has 1 aliphatic rings. The van der Waals surface area contributed by atoms with Crippen LogP contribution in [-0.4, -0.2) is 5.05 Å². The van der Waals surface area contributed by atoms with E-state index >= 15 is 0 Å². The van der Waals surface area contributed by atoms with Crippen molar-refractivity contribution in [3.63, 3.8) is 0 Å². The van der Waals surface area contributed by atoms with Crippen molar-refractivity contribution in [3.8, 4) is 0 Å². The smallest absolute Gasteiger partial charge is 0.191 e. The first kappa shape index (κ1) is 5.86. The van der Waals surface area contributed by atoms with Gasteiger partial charge in [-0.3, -0.25) is 0 Å². The van der Waals surface area contributed by atoms with E-state index in [4.69, 9.17) is 17.0 Å². The van der Waals surface area contributed by atoms with Gasteiger partial charge in [-0.2, -0.15) is 0 Å². The van der Waals surface area contributed by atoms with E-state index in [1.807, 2.05) is 24.3 Å². The van der Waals surface area contributed by atoms with Gasteiger partial charge in [0.05, 0.1) is 0 Å². The first-order valence-electron chi connectivity index (χ1n) is 3.13. The molecule has 1 aliphatic heterocycles. The van der Waals surface area contributed by atoms with E-state index in [2.05, 4.69) is 0 Å². The second-order valence-electron chi connectivity index (χ2n) is 2.23. The lowest BCUT2D eigenvalue weighted by molar-refractivity contribution is 0.320. The van der Waals surface area contributed by atoms with Crippen LogP contribution in [0.4, 0.5) is 0 Å². The predicted octanol–water partition coefficient (Wildman–Crippen LogP) is 1.89. The molecular weight excluding hydrogens is 144 g/mol. The number of fused-ring (bicyclic) bond motifs is 1. The van der Waals surface area contributed by atoms with Gasteiger partial charge in [0.1, 0.15) is 6.61 Å². The van der Waals surface area contributed by atoms with Crippen molar-refractivity contribution in [3.05, 3.63) is 35.4 Å². The highest BCUT2D eigenvalue weighted by atomic mass is 32.1. The van der Waals surface area contributed by atoms with Gasteiger partial charge in [0, 0.05) is 11.1 Å². The number of rotatable bonds is 0. The van der Waals surface area contributed by atoms with Crippen molar-refractivity contribution in [1.29, 1.82) is 0 Å². The molecule has 2 heteroatoms. The molecular formula is C8H6OS. The van der Waals surface area contributed by atoms with Gasteiger partial charge in [0.25, 0.3) is 0 Å². The maximum Gasteiger partial charge on any atom is 0.191 e. The molecule has 0 aromatic heterocycles. The summed E-state index contributed by atoms with van der Waals surface area (Å²) in [6.07, 6.45) is 0. The fourth-order valence-electron chi connectivity index (χ4n) is 1.07. The van der Waals surface area contributed by atoms with Crippen LogP contribution in [-0.2, 0) is 11.3 Å². The molecule has 0 saturated carbocycles. The third kappa shape index (κ3) is 0.727. The lowest BCUT2D eigenvalue weighted by Gasteiger charge is -1.90. The Kier molecular flexibility index (Phi) is 1.21. The van der Waals surface area contributed by atoms with Crippen molar-refractivity contribution in [2.24, 2.45) is 0 Å². The third-order valence-electron chi connectivity index (χ3n) is 1.60. The lowest BCUT2D eigenvalue weighted by atomic mass is 10.1. The van der Waals surface area contributed by atoms with Crippen LogP contribution < -0.4 is 0 Å². The molecule has 0 spiro atoms. The molecule has 10 heavy (non-hydrogen) atoms. The molecule has 1 nitrogen and oxygen atoms in total. The highest BCUT2D eigenvalue weighted by Crippen LogP contribution is 2.19. The number of hydrogen-bond acceptors (Lipinski definition) is 2. The van der Waals surface area contributed by atoms with E-state index in [1.165, 1.54) is 5.56 Å². The Morgan fingerprint density at radius 2 is 2.10 bits per heavy atom. The number of benzene rings is 1. The zero-order valence-electron chi connectivity index (χ0n) is 5.33. The van der Waals surface area contributed by atoms with Gasteiger partial charge >= 0.3 is 0 Å². The largest absolute Gasteiger partial charge is 0.478 e. The zero-order chi connectivity index (χ0) is 6.97. The van der Waals surface area contributed by atoms with Crippen LogP contribution in [0.5, 0.6) is 0 Å². The average molecular weight is 150 g/mol. The summed E-state index contributed by atoms with van der Waals surface area (Å²) < 4.78 is 5.15. The zero-order valence-corrected chi connectivity index (χ0v) is 6.15. The van der Waals surface area contributed by atoms with E-state index in [-0.39, 0.29) is 0 Å². The summed E-state index contributed by atoms with van der Waals surface area (Å²) in [5.41, 5.74) is 2.28. The average Bonchev–Trinajstić information content (AvgIpc) is 2.34. The van der Waals surface area contributed by atoms with Gasteiger partial charge in [0.15, 0.2) is 5.05 Å². The topological polar surface area (TPSA) is 9.23 Å². The van der Waals surface area contributed by atoms with Gasteiger partial charge < -0.3 is 4.74 Å². The molecule has 2 rings (SSSR count). The molecule has 0 saturated heterocycles. The Bertz CT molecular complexity index is 280. The maximum absolute atomic E-state index is 5.15. The van der Waals surface area contributed by atoms with Crippen LogP contribution >= 0.6 is 12.2 Å². The molecule has 0 N–H and O–H groups in total. The highest BCUT2D eigenvalue weighted by Gasteiger charge is 2.15.